The van der Waals surface area contributed by atoms with Crippen LogP contribution in [0.25, 0.3) is 0 Å². The molecule has 5 heteroatoms. The van der Waals surface area contributed by atoms with Crippen molar-refractivity contribution in [2.75, 3.05) is 6.54 Å². The molecule has 0 atom stereocenters. The van der Waals surface area contributed by atoms with Crippen molar-refractivity contribution in [1.82, 2.24) is 4.72 Å². The van der Waals surface area contributed by atoms with Gasteiger partial charge < -0.3 is 5.73 Å². The van der Waals surface area contributed by atoms with Crippen molar-refractivity contribution < 1.29 is 8.42 Å². The van der Waals surface area contributed by atoms with Gasteiger partial charge in [-0.2, -0.15) is 0 Å². The Morgan fingerprint density at radius 2 is 2.00 bits per heavy atom. The molecule has 1 fully saturated rings. The van der Waals surface area contributed by atoms with Gasteiger partial charge in [-0.05, 0) is 26.7 Å². The molecular formula is C7H16N2O2S. The summed E-state index contributed by atoms with van der Waals surface area (Å²) in [5.41, 5.74) is 5.17. The van der Waals surface area contributed by atoms with Crippen LogP contribution in [0.3, 0.4) is 0 Å². The van der Waals surface area contributed by atoms with Crippen molar-refractivity contribution in [3.8, 4) is 0 Å². The normalized spacial score (nSPS) is 19.6. The van der Waals surface area contributed by atoms with Crippen molar-refractivity contribution in [3.63, 3.8) is 0 Å². The van der Waals surface area contributed by atoms with Gasteiger partial charge in [0.05, 0.1) is 5.25 Å². The summed E-state index contributed by atoms with van der Waals surface area (Å²) in [6.45, 7) is 3.90. The second kappa shape index (κ2) is 2.97. The molecule has 0 unspecified atom stereocenters. The van der Waals surface area contributed by atoms with Crippen LogP contribution >= 0.6 is 0 Å². The summed E-state index contributed by atoms with van der Waals surface area (Å²) in [5.74, 6) is 0. The highest BCUT2D eigenvalue weighted by molar-refractivity contribution is 7.90. The molecule has 1 aliphatic carbocycles. The molecule has 72 valence electrons. The molecule has 0 heterocycles. The Balaban J connectivity index is 2.41. The van der Waals surface area contributed by atoms with Gasteiger partial charge in [0.2, 0.25) is 10.0 Å². The molecule has 0 aliphatic heterocycles. The topological polar surface area (TPSA) is 72.2 Å². The fourth-order valence-corrected chi connectivity index (χ4v) is 2.35. The van der Waals surface area contributed by atoms with E-state index in [1.807, 2.05) is 0 Å². The molecule has 1 rings (SSSR count). The minimum absolute atomic E-state index is 0.153. The van der Waals surface area contributed by atoms with Gasteiger partial charge >= 0.3 is 0 Å². The van der Waals surface area contributed by atoms with E-state index >= 15 is 0 Å². The average Bonchev–Trinajstić information content (AvgIpc) is 2.62. The Bertz CT molecular complexity index is 249. The molecule has 0 aromatic carbocycles. The Hall–Kier alpha value is -0.130. The second-order valence-corrected chi connectivity index (χ2v) is 6.10. The fourth-order valence-electron chi connectivity index (χ4n) is 0.783. The predicted molar refractivity (Wildman–Crippen MR) is 48.2 cm³/mol. The molecule has 0 radical (unpaired) electrons. The van der Waals surface area contributed by atoms with Gasteiger partial charge in [-0.15, -0.1) is 0 Å². The molecule has 0 spiro atoms. The zero-order valence-electron chi connectivity index (χ0n) is 7.50. The summed E-state index contributed by atoms with van der Waals surface area (Å²) in [5, 5.41) is -0.153. The van der Waals surface area contributed by atoms with Crippen molar-refractivity contribution in [1.29, 1.82) is 0 Å². The molecule has 0 saturated heterocycles. The first-order valence-electron chi connectivity index (χ1n) is 4.09. The number of nitrogens with one attached hydrogen (secondary N) is 1. The molecule has 1 aliphatic rings. The molecule has 3 N–H and O–H groups in total. The minimum atomic E-state index is -3.05. The standard InChI is InChI=1S/C7H16N2O2S/c1-7(2,8)5-9-12(10,11)6-3-4-6/h6,9H,3-5,8H2,1-2H3. The van der Waals surface area contributed by atoms with Gasteiger partial charge in [0.1, 0.15) is 0 Å². The summed E-state index contributed by atoms with van der Waals surface area (Å²) in [7, 11) is -3.05. The van der Waals surface area contributed by atoms with E-state index < -0.39 is 15.6 Å². The predicted octanol–water partition coefficient (Wildman–Crippen LogP) is -0.194. The third-order valence-electron chi connectivity index (χ3n) is 1.69. The van der Waals surface area contributed by atoms with Crippen LogP contribution in [0.2, 0.25) is 0 Å². The van der Waals surface area contributed by atoms with Crippen LogP contribution in [-0.2, 0) is 10.0 Å². The molecule has 0 bridgehead atoms. The molecule has 0 amide bonds. The highest BCUT2D eigenvalue weighted by Crippen LogP contribution is 2.27. The quantitative estimate of drug-likeness (QED) is 0.648. The summed E-state index contributed by atoms with van der Waals surface area (Å²) in [4.78, 5) is 0. The number of hydrogen-bond acceptors (Lipinski definition) is 3. The maximum atomic E-state index is 11.3. The molecule has 12 heavy (non-hydrogen) atoms. The van der Waals surface area contributed by atoms with Crippen LogP contribution in [0, 0.1) is 0 Å². The number of nitrogens with two attached hydrogens (primary N) is 1. The maximum absolute atomic E-state index is 11.3. The number of rotatable bonds is 4. The van der Waals surface area contributed by atoms with Crippen molar-refractivity contribution in [2.24, 2.45) is 5.73 Å². The minimum Gasteiger partial charge on any atom is -0.324 e. The molecular weight excluding hydrogens is 176 g/mol. The summed E-state index contributed by atoms with van der Waals surface area (Å²) in [6.07, 6.45) is 1.58. The zero-order valence-corrected chi connectivity index (χ0v) is 8.32. The van der Waals surface area contributed by atoms with Gasteiger partial charge in [0.15, 0.2) is 0 Å². The van der Waals surface area contributed by atoms with E-state index in [0.717, 1.165) is 12.8 Å². The zero-order chi connectivity index (χ0) is 9.41. The Morgan fingerprint density at radius 1 is 1.50 bits per heavy atom. The van der Waals surface area contributed by atoms with Gasteiger partial charge in [-0.25, -0.2) is 13.1 Å². The fraction of sp³-hybridized carbons (Fsp3) is 1.00. The third-order valence-corrected chi connectivity index (χ3v) is 3.59. The van der Waals surface area contributed by atoms with E-state index in [4.69, 9.17) is 5.73 Å². The summed E-state index contributed by atoms with van der Waals surface area (Å²) < 4.78 is 25.1. The van der Waals surface area contributed by atoms with Crippen LogP contribution < -0.4 is 10.5 Å². The summed E-state index contributed by atoms with van der Waals surface area (Å²) in [6, 6.07) is 0. The van der Waals surface area contributed by atoms with E-state index in [0.29, 0.717) is 6.54 Å². The van der Waals surface area contributed by atoms with Crippen LogP contribution in [0.4, 0.5) is 0 Å². The van der Waals surface area contributed by atoms with Crippen LogP contribution in [0.5, 0.6) is 0 Å². The highest BCUT2D eigenvalue weighted by atomic mass is 32.2. The lowest BCUT2D eigenvalue weighted by molar-refractivity contribution is 0.497. The van der Waals surface area contributed by atoms with E-state index in [1.165, 1.54) is 0 Å². The third kappa shape index (κ3) is 3.08. The SMILES string of the molecule is CC(C)(N)CNS(=O)(=O)C1CC1. The van der Waals surface area contributed by atoms with Crippen molar-refractivity contribution >= 4 is 10.0 Å². The molecule has 0 aromatic rings. The first-order chi connectivity index (χ1) is 5.31. The van der Waals surface area contributed by atoms with E-state index in [9.17, 15) is 8.42 Å². The maximum Gasteiger partial charge on any atom is 0.214 e. The van der Waals surface area contributed by atoms with E-state index in [2.05, 4.69) is 4.72 Å². The smallest absolute Gasteiger partial charge is 0.214 e. The lowest BCUT2D eigenvalue weighted by atomic mass is 10.1. The van der Waals surface area contributed by atoms with Crippen LogP contribution in [0.15, 0.2) is 0 Å². The monoisotopic (exact) mass is 192 g/mol. The average molecular weight is 192 g/mol. The second-order valence-electron chi connectivity index (χ2n) is 4.05. The Morgan fingerprint density at radius 3 is 2.33 bits per heavy atom. The first kappa shape index (κ1) is 9.95. The molecule has 4 nitrogen and oxygen atoms in total. The highest BCUT2D eigenvalue weighted by Gasteiger charge is 2.35. The number of hydrogen-bond donors (Lipinski definition) is 2. The largest absolute Gasteiger partial charge is 0.324 e. The van der Waals surface area contributed by atoms with Gasteiger partial charge in [0, 0.05) is 12.1 Å². The lowest BCUT2D eigenvalue weighted by Crippen LogP contribution is -2.45. The van der Waals surface area contributed by atoms with Crippen LogP contribution in [0.1, 0.15) is 26.7 Å². The van der Waals surface area contributed by atoms with Crippen molar-refractivity contribution in [2.45, 2.75) is 37.5 Å². The Labute approximate surface area is 73.6 Å². The summed E-state index contributed by atoms with van der Waals surface area (Å²) >= 11 is 0. The van der Waals surface area contributed by atoms with Gasteiger partial charge in [-0.1, -0.05) is 0 Å². The van der Waals surface area contributed by atoms with Gasteiger partial charge in [-0.3, -0.25) is 0 Å². The molecule has 1 saturated carbocycles. The first-order valence-corrected chi connectivity index (χ1v) is 5.63. The lowest BCUT2D eigenvalue weighted by Gasteiger charge is -2.18. The van der Waals surface area contributed by atoms with Crippen molar-refractivity contribution in [3.05, 3.63) is 0 Å². The Kier molecular flexibility index (Phi) is 2.47. The number of sulfonamides is 1. The molecule has 0 aromatic heterocycles. The van der Waals surface area contributed by atoms with Crippen LogP contribution in [-0.4, -0.2) is 25.8 Å². The van der Waals surface area contributed by atoms with Gasteiger partial charge in [0.25, 0.3) is 0 Å². The van der Waals surface area contributed by atoms with E-state index in [-0.39, 0.29) is 5.25 Å². The van der Waals surface area contributed by atoms with E-state index in [1.54, 1.807) is 13.8 Å².